The van der Waals surface area contributed by atoms with Gasteiger partial charge < -0.3 is 5.32 Å². The van der Waals surface area contributed by atoms with Crippen LogP contribution in [0.4, 0.5) is 5.69 Å². The fourth-order valence-electron chi connectivity index (χ4n) is 3.07. The summed E-state index contributed by atoms with van der Waals surface area (Å²) in [7, 11) is 0. The highest BCUT2D eigenvalue weighted by molar-refractivity contribution is 5.82. The van der Waals surface area contributed by atoms with E-state index in [0.717, 1.165) is 33.6 Å². The van der Waals surface area contributed by atoms with Gasteiger partial charge >= 0.3 is 0 Å². The minimum absolute atomic E-state index is 0.0270. The van der Waals surface area contributed by atoms with Crippen molar-refractivity contribution in [3.63, 3.8) is 0 Å². The third-order valence-corrected chi connectivity index (χ3v) is 4.63. The van der Waals surface area contributed by atoms with Gasteiger partial charge in [-0.2, -0.15) is 5.26 Å². The molecule has 1 unspecified atom stereocenters. The maximum Gasteiger partial charge on any atom is 0.0966 e. The van der Waals surface area contributed by atoms with Crippen LogP contribution in [-0.4, -0.2) is 11.7 Å². The summed E-state index contributed by atoms with van der Waals surface area (Å²) in [6, 6.07) is 22.3. The summed E-state index contributed by atoms with van der Waals surface area (Å²) in [5, 5.41) is 13.1. The number of hydrogen-bond donors (Lipinski definition) is 1. The monoisotopic (exact) mass is 366 g/mol. The largest absolute Gasteiger partial charge is 0.377 e. The molecule has 1 atom stereocenters. The average Bonchev–Trinajstić information content (AvgIpc) is 2.77. The number of nitrogens with zero attached hydrogens (tertiary/aromatic N) is 3. The fraction of sp³-hybridized carbons (Fsp3) is 0.125. The zero-order chi connectivity index (χ0) is 19.9. The molecule has 1 heterocycles. The van der Waals surface area contributed by atoms with Crippen LogP contribution in [0.1, 0.15) is 31.0 Å². The lowest BCUT2D eigenvalue weighted by Crippen LogP contribution is -2.18. The molecule has 0 saturated carbocycles. The minimum Gasteiger partial charge on any atom is -0.377 e. The number of allylic oxidation sites excluding steroid dienone is 1. The molecule has 138 valence electrons. The van der Waals surface area contributed by atoms with E-state index >= 15 is 0 Å². The quantitative estimate of drug-likeness (QED) is 0.450. The molecule has 4 nitrogen and oxygen atoms in total. The lowest BCUT2D eigenvalue weighted by Gasteiger charge is -2.21. The second kappa shape index (κ2) is 8.79. The molecule has 0 aliphatic rings. The molecular weight excluding hydrogens is 344 g/mol. The average molecular weight is 366 g/mol. The molecule has 2 aromatic carbocycles. The van der Waals surface area contributed by atoms with Crippen molar-refractivity contribution in [3.8, 4) is 17.2 Å². The Labute approximate surface area is 165 Å². The second-order valence-corrected chi connectivity index (χ2v) is 6.52. The molecule has 0 aliphatic heterocycles. The van der Waals surface area contributed by atoms with Gasteiger partial charge in [0.15, 0.2) is 0 Å². The van der Waals surface area contributed by atoms with Crippen LogP contribution in [0.25, 0.3) is 16.8 Å². The Balaban J connectivity index is 2.08. The van der Waals surface area contributed by atoms with Crippen LogP contribution in [0, 0.1) is 11.3 Å². The number of aliphatic imine (C=N–C) groups is 1. The lowest BCUT2D eigenvalue weighted by atomic mass is 9.98. The highest BCUT2D eigenvalue weighted by Crippen LogP contribution is 2.33. The zero-order valence-corrected chi connectivity index (χ0v) is 16.1. The van der Waals surface area contributed by atoms with Crippen molar-refractivity contribution in [2.45, 2.75) is 19.9 Å². The highest BCUT2D eigenvalue weighted by Gasteiger charge is 2.15. The van der Waals surface area contributed by atoms with Gasteiger partial charge in [-0.15, -0.1) is 0 Å². The Kier molecular flexibility index (Phi) is 5.98. The van der Waals surface area contributed by atoms with Crippen molar-refractivity contribution in [3.05, 3.63) is 89.8 Å². The Bertz CT molecular complexity index is 1030. The van der Waals surface area contributed by atoms with Crippen LogP contribution >= 0.6 is 0 Å². The summed E-state index contributed by atoms with van der Waals surface area (Å²) in [5.41, 5.74) is 6.07. The highest BCUT2D eigenvalue weighted by atomic mass is 14.9. The van der Waals surface area contributed by atoms with Gasteiger partial charge in [-0.3, -0.25) is 9.98 Å². The summed E-state index contributed by atoms with van der Waals surface area (Å²) >= 11 is 0. The normalized spacial score (nSPS) is 12.5. The van der Waals surface area contributed by atoms with E-state index in [-0.39, 0.29) is 6.04 Å². The molecule has 0 fully saturated rings. The topological polar surface area (TPSA) is 61.1 Å². The van der Waals surface area contributed by atoms with Crippen LogP contribution in [-0.2, 0) is 0 Å². The summed E-state index contributed by atoms with van der Waals surface area (Å²) in [6.45, 7) is 7.59. The Morgan fingerprint density at radius 3 is 2.54 bits per heavy atom. The first-order valence-corrected chi connectivity index (χ1v) is 9.08. The van der Waals surface area contributed by atoms with E-state index < -0.39 is 0 Å². The molecule has 0 amide bonds. The number of nitriles is 1. The summed E-state index contributed by atoms with van der Waals surface area (Å²) in [6.07, 6.45) is 3.57. The molecule has 0 aliphatic carbocycles. The molecule has 1 aromatic heterocycles. The van der Waals surface area contributed by atoms with Crippen molar-refractivity contribution in [1.29, 1.82) is 5.26 Å². The third kappa shape index (κ3) is 4.16. The smallest absolute Gasteiger partial charge is 0.0966 e. The van der Waals surface area contributed by atoms with Crippen LogP contribution < -0.4 is 5.32 Å². The molecule has 28 heavy (non-hydrogen) atoms. The van der Waals surface area contributed by atoms with E-state index in [1.54, 1.807) is 6.20 Å². The first kappa shape index (κ1) is 19.1. The SMILES string of the molecule is C=Nc1ccc(-c2cccnc2)cc1/C(NC(C)c1ccccc1)=C(\C)C#N. The van der Waals surface area contributed by atoms with E-state index in [0.29, 0.717) is 5.57 Å². The van der Waals surface area contributed by atoms with Crippen LogP contribution in [0.15, 0.2) is 83.6 Å². The van der Waals surface area contributed by atoms with Gasteiger partial charge in [0, 0.05) is 29.6 Å². The molecule has 0 spiro atoms. The molecule has 3 rings (SSSR count). The van der Waals surface area contributed by atoms with E-state index in [9.17, 15) is 5.26 Å². The van der Waals surface area contributed by atoms with Gasteiger partial charge in [-0.1, -0.05) is 42.5 Å². The van der Waals surface area contributed by atoms with Gasteiger partial charge in [0.1, 0.15) is 0 Å². The van der Waals surface area contributed by atoms with Crippen LogP contribution in [0.2, 0.25) is 0 Å². The van der Waals surface area contributed by atoms with E-state index in [4.69, 9.17) is 0 Å². The maximum absolute atomic E-state index is 9.60. The lowest BCUT2D eigenvalue weighted by molar-refractivity contribution is 0.699. The predicted octanol–water partition coefficient (Wildman–Crippen LogP) is 5.69. The number of benzene rings is 2. The van der Waals surface area contributed by atoms with Gasteiger partial charge in [-0.05, 0) is 49.9 Å². The number of hydrogen-bond acceptors (Lipinski definition) is 4. The second-order valence-electron chi connectivity index (χ2n) is 6.52. The summed E-state index contributed by atoms with van der Waals surface area (Å²) < 4.78 is 0. The van der Waals surface area contributed by atoms with Gasteiger partial charge in [0.05, 0.1) is 23.0 Å². The third-order valence-electron chi connectivity index (χ3n) is 4.63. The van der Waals surface area contributed by atoms with E-state index in [1.807, 2.05) is 61.7 Å². The van der Waals surface area contributed by atoms with Crippen LogP contribution in [0.3, 0.4) is 0 Å². The maximum atomic E-state index is 9.60. The number of nitrogens with one attached hydrogen (secondary N) is 1. The molecule has 3 aromatic rings. The molecule has 1 N–H and O–H groups in total. The van der Waals surface area contributed by atoms with Gasteiger partial charge in [0.2, 0.25) is 0 Å². The molecule has 0 saturated heterocycles. The van der Waals surface area contributed by atoms with E-state index in [1.165, 1.54) is 0 Å². The summed E-state index contributed by atoms with van der Waals surface area (Å²) in [4.78, 5) is 8.38. The van der Waals surface area contributed by atoms with Crippen molar-refractivity contribution in [1.82, 2.24) is 10.3 Å². The Hall–Kier alpha value is -3.71. The van der Waals surface area contributed by atoms with Crippen LogP contribution in [0.5, 0.6) is 0 Å². The molecule has 0 bridgehead atoms. The zero-order valence-electron chi connectivity index (χ0n) is 16.1. The molecule has 4 heteroatoms. The van der Waals surface area contributed by atoms with E-state index in [2.05, 4.69) is 47.1 Å². The number of aromatic nitrogens is 1. The van der Waals surface area contributed by atoms with Crippen molar-refractivity contribution >= 4 is 18.1 Å². The van der Waals surface area contributed by atoms with Crippen molar-refractivity contribution in [2.24, 2.45) is 4.99 Å². The number of pyridine rings is 1. The molecular formula is C24H22N4. The first-order valence-electron chi connectivity index (χ1n) is 9.08. The first-order chi connectivity index (χ1) is 13.6. The van der Waals surface area contributed by atoms with Crippen molar-refractivity contribution in [2.75, 3.05) is 0 Å². The standard InChI is InChI=1S/C24H22N4/c1-17(15-25)24(28-18(2)19-8-5-4-6-9-19)22-14-20(11-12-23(22)26-3)21-10-7-13-27-16-21/h4-14,16,18,28H,3H2,1-2H3/b24-17-. The van der Waals surface area contributed by atoms with Gasteiger partial charge in [0.25, 0.3) is 0 Å². The predicted molar refractivity (Wildman–Crippen MR) is 115 cm³/mol. The minimum atomic E-state index is 0.0270. The van der Waals surface area contributed by atoms with Gasteiger partial charge in [-0.25, -0.2) is 0 Å². The Morgan fingerprint density at radius 1 is 1.11 bits per heavy atom. The number of rotatable bonds is 6. The molecule has 0 radical (unpaired) electrons. The Morgan fingerprint density at radius 2 is 1.89 bits per heavy atom. The van der Waals surface area contributed by atoms with Crippen molar-refractivity contribution < 1.29 is 0 Å². The fourth-order valence-corrected chi connectivity index (χ4v) is 3.07. The summed E-state index contributed by atoms with van der Waals surface area (Å²) in [5.74, 6) is 0.